The lowest BCUT2D eigenvalue weighted by Gasteiger charge is -2.57. The number of carboxylic acid groups (broad SMARTS) is 1. The molecule has 5 rings (SSSR count). The normalized spacial score (nSPS) is 27.8. The molecule has 174 valence electrons. The molecule has 0 saturated carbocycles. The number of halogens is 1. The standard InChI is InChI=1S/C23H31FN4O.CH2O2/c1-2-6-20-17-11-18(21-9-3-4-10-28(20)21)14-27(13-17)15-22-25-26-23(29-22)16-7-5-8-19(24)12-16;2-1-3/h5,7-8,12,17-18,20-21H,2-4,6,9-11,13-15H2,1H3;1H,(H,2,3)/t17-,18+,20-,21-;/m0./s1. The number of piperidine rings is 3. The van der Waals surface area contributed by atoms with Crippen LogP contribution in [-0.4, -0.2) is 63.3 Å². The topological polar surface area (TPSA) is 82.7 Å². The molecular weight excluding hydrogens is 411 g/mol. The molecule has 3 aliphatic heterocycles. The van der Waals surface area contributed by atoms with E-state index < -0.39 is 0 Å². The third kappa shape index (κ3) is 5.02. The van der Waals surface area contributed by atoms with E-state index in [0.717, 1.165) is 37.0 Å². The van der Waals surface area contributed by atoms with Crippen LogP contribution >= 0.6 is 0 Å². The van der Waals surface area contributed by atoms with Crippen molar-refractivity contribution in [3.8, 4) is 11.5 Å². The van der Waals surface area contributed by atoms with Gasteiger partial charge in [-0.25, -0.2) is 4.39 Å². The highest BCUT2D eigenvalue weighted by Gasteiger charge is 2.46. The fourth-order valence-corrected chi connectivity index (χ4v) is 6.08. The molecule has 1 N–H and O–H groups in total. The Kier molecular flexibility index (Phi) is 7.52. The van der Waals surface area contributed by atoms with E-state index in [1.165, 1.54) is 57.2 Å². The van der Waals surface area contributed by atoms with Crippen LogP contribution in [0.5, 0.6) is 0 Å². The van der Waals surface area contributed by atoms with Gasteiger partial charge in [-0.2, -0.15) is 0 Å². The number of fused-ring (bicyclic) bond motifs is 4. The van der Waals surface area contributed by atoms with Gasteiger partial charge in [-0.05, 0) is 62.3 Å². The lowest BCUT2D eigenvalue weighted by molar-refractivity contribution is -0.122. The summed E-state index contributed by atoms with van der Waals surface area (Å²) >= 11 is 0. The lowest BCUT2D eigenvalue weighted by atomic mass is 9.71. The summed E-state index contributed by atoms with van der Waals surface area (Å²) in [4.78, 5) is 13.8. The Hall–Kier alpha value is -2.32. The minimum absolute atomic E-state index is 0.250. The minimum atomic E-state index is -0.287. The average molecular weight is 445 g/mol. The van der Waals surface area contributed by atoms with Crippen LogP contribution in [0, 0.1) is 17.7 Å². The molecule has 0 spiro atoms. The molecule has 3 fully saturated rings. The van der Waals surface area contributed by atoms with Crippen LogP contribution in [0.15, 0.2) is 28.7 Å². The molecule has 0 aliphatic carbocycles. The first-order chi connectivity index (χ1) is 15.6. The predicted molar refractivity (Wildman–Crippen MR) is 118 cm³/mol. The predicted octanol–water partition coefficient (Wildman–Crippen LogP) is 4.05. The van der Waals surface area contributed by atoms with E-state index in [1.54, 1.807) is 12.1 Å². The van der Waals surface area contributed by atoms with Gasteiger partial charge in [-0.3, -0.25) is 14.6 Å². The van der Waals surface area contributed by atoms with Gasteiger partial charge in [0.15, 0.2) is 0 Å². The van der Waals surface area contributed by atoms with E-state index >= 15 is 0 Å². The number of likely N-dealkylation sites (tertiary alicyclic amines) is 1. The van der Waals surface area contributed by atoms with Crippen molar-refractivity contribution in [2.75, 3.05) is 19.6 Å². The smallest absolute Gasteiger partial charge is 0.290 e. The zero-order chi connectivity index (χ0) is 22.5. The highest BCUT2D eigenvalue weighted by atomic mass is 19.1. The Morgan fingerprint density at radius 1 is 1.25 bits per heavy atom. The van der Waals surface area contributed by atoms with Gasteiger partial charge in [0, 0.05) is 30.7 Å². The van der Waals surface area contributed by atoms with Gasteiger partial charge in [0.25, 0.3) is 6.47 Å². The van der Waals surface area contributed by atoms with Crippen molar-refractivity contribution in [1.82, 2.24) is 20.0 Å². The molecule has 1 aromatic heterocycles. The maximum Gasteiger partial charge on any atom is 0.290 e. The van der Waals surface area contributed by atoms with Gasteiger partial charge in [-0.15, -0.1) is 10.2 Å². The van der Waals surface area contributed by atoms with Crippen molar-refractivity contribution in [2.45, 2.75) is 64.1 Å². The van der Waals surface area contributed by atoms with Crippen LogP contribution in [0.1, 0.15) is 51.3 Å². The summed E-state index contributed by atoms with van der Waals surface area (Å²) in [6, 6.07) is 7.83. The largest absolute Gasteiger partial charge is 0.483 e. The number of rotatable bonds is 5. The number of carbonyl (C=O) groups is 1. The van der Waals surface area contributed by atoms with Crippen molar-refractivity contribution in [3.63, 3.8) is 0 Å². The van der Waals surface area contributed by atoms with Crippen LogP contribution in [-0.2, 0) is 11.3 Å². The van der Waals surface area contributed by atoms with Gasteiger partial charge in [0.1, 0.15) is 5.82 Å². The van der Waals surface area contributed by atoms with Crippen LogP contribution in [0.4, 0.5) is 4.39 Å². The average Bonchev–Trinajstić information content (AvgIpc) is 3.26. The minimum Gasteiger partial charge on any atom is -0.483 e. The second kappa shape index (κ2) is 10.5. The number of hydrogen-bond acceptors (Lipinski definition) is 6. The summed E-state index contributed by atoms with van der Waals surface area (Å²) < 4.78 is 19.4. The molecule has 0 amide bonds. The van der Waals surface area contributed by atoms with Crippen LogP contribution in [0.25, 0.3) is 11.5 Å². The Labute approximate surface area is 188 Å². The summed E-state index contributed by atoms with van der Waals surface area (Å²) in [7, 11) is 0. The van der Waals surface area contributed by atoms with Crippen molar-refractivity contribution >= 4 is 6.47 Å². The third-order valence-corrected chi connectivity index (χ3v) is 7.18. The molecule has 3 saturated heterocycles. The maximum absolute atomic E-state index is 13.5. The fraction of sp³-hybridized carbons (Fsp3) is 0.625. The van der Waals surface area contributed by atoms with Crippen molar-refractivity contribution in [2.24, 2.45) is 11.8 Å². The highest BCUT2D eigenvalue weighted by Crippen LogP contribution is 2.42. The first-order valence-corrected chi connectivity index (χ1v) is 11.8. The van der Waals surface area contributed by atoms with E-state index in [-0.39, 0.29) is 12.3 Å². The SMILES string of the molecule is CCC[C@H]1[C@H]2C[C@H](CN(Cc3nnc(-c4cccc(F)c4)o3)C2)[C@@H]2CCCCN21.O=CO. The molecule has 7 nitrogen and oxygen atoms in total. The van der Waals surface area contributed by atoms with Gasteiger partial charge in [0.2, 0.25) is 11.8 Å². The number of benzene rings is 1. The van der Waals surface area contributed by atoms with E-state index in [0.29, 0.717) is 23.9 Å². The monoisotopic (exact) mass is 444 g/mol. The highest BCUT2D eigenvalue weighted by molar-refractivity contribution is 5.52. The number of hydrogen-bond donors (Lipinski definition) is 1. The van der Waals surface area contributed by atoms with Gasteiger partial charge < -0.3 is 9.52 Å². The fourth-order valence-electron chi connectivity index (χ4n) is 6.08. The van der Waals surface area contributed by atoms with Crippen molar-refractivity contribution in [3.05, 3.63) is 36.0 Å². The van der Waals surface area contributed by atoms with Gasteiger partial charge >= 0.3 is 0 Å². The lowest BCUT2D eigenvalue weighted by Crippen LogP contribution is -2.63. The van der Waals surface area contributed by atoms with E-state index in [2.05, 4.69) is 26.9 Å². The quantitative estimate of drug-likeness (QED) is 0.697. The zero-order valence-electron chi connectivity index (χ0n) is 18.7. The first-order valence-electron chi connectivity index (χ1n) is 11.8. The summed E-state index contributed by atoms with van der Waals surface area (Å²) in [6.07, 6.45) is 8.05. The van der Waals surface area contributed by atoms with E-state index in [9.17, 15) is 4.39 Å². The van der Waals surface area contributed by atoms with Crippen LogP contribution in [0.3, 0.4) is 0 Å². The second-order valence-corrected chi connectivity index (χ2v) is 9.22. The third-order valence-electron chi connectivity index (χ3n) is 7.18. The summed E-state index contributed by atoms with van der Waals surface area (Å²) in [6.45, 7) is 6.29. The van der Waals surface area contributed by atoms with Crippen molar-refractivity contribution in [1.29, 1.82) is 0 Å². The van der Waals surface area contributed by atoms with Crippen LogP contribution < -0.4 is 0 Å². The van der Waals surface area contributed by atoms with Crippen LogP contribution in [0.2, 0.25) is 0 Å². The summed E-state index contributed by atoms with van der Waals surface area (Å²) in [5.74, 6) is 2.25. The first kappa shape index (κ1) is 22.9. The summed E-state index contributed by atoms with van der Waals surface area (Å²) in [5, 5.41) is 15.3. The van der Waals surface area contributed by atoms with Gasteiger partial charge in [0.05, 0.1) is 6.54 Å². The molecule has 2 aromatic rings. The molecule has 4 heterocycles. The molecular formula is C24H33FN4O3. The molecule has 8 heteroatoms. The Morgan fingerprint density at radius 2 is 2.06 bits per heavy atom. The molecule has 32 heavy (non-hydrogen) atoms. The Balaban J connectivity index is 0.000000775. The van der Waals surface area contributed by atoms with Gasteiger partial charge in [-0.1, -0.05) is 25.8 Å². The number of nitrogens with zero attached hydrogens (tertiary/aromatic N) is 4. The zero-order valence-corrected chi connectivity index (χ0v) is 18.7. The molecule has 3 aliphatic rings. The molecule has 0 radical (unpaired) electrons. The van der Waals surface area contributed by atoms with E-state index in [1.807, 2.05) is 0 Å². The maximum atomic E-state index is 13.5. The Morgan fingerprint density at radius 3 is 2.84 bits per heavy atom. The summed E-state index contributed by atoms with van der Waals surface area (Å²) in [5.41, 5.74) is 0.639. The van der Waals surface area contributed by atoms with E-state index in [4.69, 9.17) is 14.3 Å². The Bertz CT molecular complexity index is 892. The second-order valence-electron chi connectivity index (χ2n) is 9.22. The molecule has 2 bridgehead atoms. The molecule has 1 aromatic carbocycles. The number of aromatic nitrogens is 2. The molecule has 4 atom stereocenters. The molecule has 0 unspecified atom stereocenters. The van der Waals surface area contributed by atoms with Crippen molar-refractivity contribution < 1.29 is 18.7 Å².